The third kappa shape index (κ3) is 3.87. The smallest absolute Gasteiger partial charge is 0.191 e. The number of anilines is 1. The highest BCUT2D eigenvalue weighted by atomic mass is 32.2. The molecule has 0 radical (unpaired) electrons. The van der Waals surface area contributed by atoms with Gasteiger partial charge in [-0.1, -0.05) is 67.2 Å². The SMILES string of the molecule is CCc1nc2c(N)nc(SCCCc3ccccc3)nc2n1-c1ccccc1. The quantitative estimate of drug-likeness (QED) is 0.282. The second-order valence-corrected chi connectivity index (χ2v) is 7.62. The Hall–Kier alpha value is -2.86. The number of aryl methyl sites for hydroxylation is 2. The number of nitrogens with two attached hydrogens (primary N) is 1. The number of benzene rings is 2. The number of thioether (sulfide) groups is 1. The molecule has 4 rings (SSSR count). The minimum Gasteiger partial charge on any atom is -0.382 e. The van der Waals surface area contributed by atoms with Crippen molar-refractivity contribution in [3.63, 3.8) is 0 Å². The second-order valence-electron chi connectivity index (χ2n) is 6.55. The van der Waals surface area contributed by atoms with Crippen LogP contribution in [0.15, 0.2) is 65.8 Å². The van der Waals surface area contributed by atoms with Gasteiger partial charge < -0.3 is 5.73 Å². The second kappa shape index (κ2) is 8.44. The summed E-state index contributed by atoms with van der Waals surface area (Å²) in [4.78, 5) is 14.0. The summed E-state index contributed by atoms with van der Waals surface area (Å²) in [6.45, 7) is 2.09. The van der Waals surface area contributed by atoms with Gasteiger partial charge in [-0.3, -0.25) is 4.57 Å². The molecule has 0 aliphatic rings. The van der Waals surface area contributed by atoms with Crippen LogP contribution in [0.4, 0.5) is 5.82 Å². The first-order valence-electron chi connectivity index (χ1n) is 9.53. The normalized spacial score (nSPS) is 11.2. The van der Waals surface area contributed by atoms with Crippen molar-refractivity contribution in [2.75, 3.05) is 11.5 Å². The van der Waals surface area contributed by atoms with Crippen molar-refractivity contribution in [2.24, 2.45) is 0 Å². The Morgan fingerprint density at radius 3 is 2.36 bits per heavy atom. The zero-order valence-electron chi connectivity index (χ0n) is 15.9. The lowest BCUT2D eigenvalue weighted by Gasteiger charge is -2.08. The molecule has 2 aromatic heterocycles. The molecule has 0 atom stereocenters. The number of aromatic nitrogens is 4. The van der Waals surface area contributed by atoms with Crippen LogP contribution in [0, 0.1) is 0 Å². The molecule has 0 saturated carbocycles. The van der Waals surface area contributed by atoms with E-state index < -0.39 is 0 Å². The van der Waals surface area contributed by atoms with E-state index in [1.165, 1.54) is 5.56 Å². The fourth-order valence-electron chi connectivity index (χ4n) is 3.24. The molecule has 0 fully saturated rings. The monoisotopic (exact) mass is 389 g/mol. The highest BCUT2D eigenvalue weighted by Crippen LogP contribution is 2.26. The van der Waals surface area contributed by atoms with Crippen LogP contribution in [0.3, 0.4) is 0 Å². The lowest BCUT2D eigenvalue weighted by molar-refractivity contribution is 0.890. The molecule has 142 valence electrons. The predicted molar refractivity (Wildman–Crippen MR) is 116 cm³/mol. The third-order valence-electron chi connectivity index (χ3n) is 4.60. The molecular weight excluding hydrogens is 366 g/mol. The van der Waals surface area contributed by atoms with Crippen LogP contribution in [-0.4, -0.2) is 25.3 Å². The first-order chi connectivity index (χ1) is 13.8. The van der Waals surface area contributed by atoms with Gasteiger partial charge >= 0.3 is 0 Å². The lowest BCUT2D eigenvalue weighted by Crippen LogP contribution is -2.02. The van der Waals surface area contributed by atoms with E-state index in [9.17, 15) is 0 Å². The number of imidazole rings is 1. The van der Waals surface area contributed by atoms with Gasteiger partial charge in [0.05, 0.1) is 0 Å². The number of nitrogen functional groups attached to an aromatic ring is 1. The van der Waals surface area contributed by atoms with Gasteiger partial charge in [0.15, 0.2) is 22.1 Å². The van der Waals surface area contributed by atoms with Crippen LogP contribution in [0.25, 0.3) is 16.9 Å². The summed E-state index contributed by atoms with van der Waals surface area (Å²) >= 11 is 1.65. The van der Waals surface area contributed by atoms with Gasteiger partial charge in [0.1, 0.15) is 5.82 Å². The van der Waals surface area contributed by atoms with Crippen molar-refractivity contribution in [3.8, 4) is 5.69 Å². The van der Waals surface area contributed by atoms with Crippen LogP contribution < -0.4 is 5.73 Å². The number of hydrogen-bond acceptors (Lipinski definition) is 5. The summed E-state index contributed by atoms with van der Waals surface area (Å²) in [5, 5.41) is 0.706. The van der Waals surface area contributed by atoms with Crippen LogP contribution in [0.1, 0.15) is 24.7 Å². The fraction of sp³-hybridized carbons (Fsp3) is 0.227. The summed E-state index contributed by atoms with van der Waals surface area (Å²) in [7, 11) is 0. The minimum atomic E-state index is 0.444. The van der Waals surface area contributed by atoms with Gasteiger partial charge in [-0.25, -0.2) is 15.0 Å². The van der Waals surface area contributed by atoms with Crippen molar-refractivity contribution in [3.05, 3.63) is 72.1 Å². The molecule has 2 heterocycles. The number of para-hydroxylation sites is 1. The van der Waals surface area contributed by atoms with Crippen molar-refractivity contribution < 1.29 is 0 Å². The number of nitrogens with zero attached hydrogens (tertiary/aromatic N) is 4. The van der Waals surface area contributed by atoms with E-state index in [1.54, 1.807) is 11.8 Å². The first kappa shape index (κ1) is 18.5. The molecule has 0 bridgehead atoms. The topological polar surface area (TPSA) is 69.6 Å². The maximum absolute atomic E-state index is 6.23. The average Bonchev–Trinajstić information content (AvgIpc) is 3.12. The Morgan fingerprint density at radius 1 is 0.929 bits per heavy atom. The van der Waals surface area contributed by atoms with E-state index in [2.05, 4.69) is 57.9 Å². The summed E-state index contributed by atoms with van der Waals surface area (Å²) in [6, 6.07) is 20.7. The Morgan fingerprint density at radius 2 is 1.64 bits per heavy atom. The summed E-state index contributed by atoms with van der Waals surface area (Å²) in [6.07, 6.45) is 2.91. The van der Waals surface area contributed by atoms with E-state index in [0.29, 0.717) is 16.5 Å². The summed E-state index contributed by atoms with van der Waals surface area (Å²) in [5.41, 5.74) is 10.1. The zero-order valence-corrected chi connectivity index (χ0v) is 16.7. The minimum absolute atomic E-state index is 0.444. The summed E-state index contributed by atoms with van der Waals surface area (Å²) < 4.78 is 2.08. The maximum Gasteiger partial charge on any atom is 0.191 e. The Bertz CT molecular complexity index is 1060. The van der Waals surface area contributed by atoms with Gasteiger partial charge in [0, 0.05) is 17.9 Å². The highest BCUT2D eigenvalue weighted by Gasteiger charge is 2.17. The number of fused-ring (bicyclic) bond motifs is 1. The largest absolute Gasteiger partial charge is 0.382 e. The standard InChI is InChI=1S/C22H23N5S/c1-2-18-24-19-20(23)25-22(28-15-9-12-16-10-5-3-6-11-16)26-21(19)27(18)17-13-7-4-8-14-17/h3-8,10-11,13-14H,2,9,12,15H2,1H3,(H2,23,25,26). The Kier molecular flexibility index (Phi) is 5.58. The molecule has 0 aliphatic carbocycles. The maximum atomic E-state index is 6.23. The molecule has 2 aromatic carbocycles. The number of rotatable bonds is 7. The highest BCUT2D eigenvalue weighted by molar-refractivity contribution is 7.99. The molecule has 0 aliphatic heterocycles. The average molecular weight is 390 g/mol. The molecule has 4 aromatic rings. The fourth-order valence-corrected chi connectivity index (χ4v) is 4.02. The van der Waals surface area contributed by atoms with E-state index in [4.69, 9.17) is 10.7 Å². The van der Waals surface area contributed by atoms with Crippen molar-refractivity contribution in [2.45, 2.75) is 31.3 Å². The van der Waals surface area contributed by atoms with Gasteiger partial charge in [-0.05, 0) is 30.5 Å². The van der Waals surface area contributed by atoms with Gasteiger partial charge in [0.2, 0.25) is 0 Å². The third-order valence-corrected chi connectivity index (χ3v) is 5.53. The van der Waals surface area contributed by atoms with Crippen LogP contribution in [0.5, 0.6) is 0 Å². The molecule has 28 heavy (non-hydrogen) atoms. The van der Waals surface area contributed by atoms with E-state index >= 15 is 0 Å². The van der Waals surface area contributed by atoms with Crippen LogP contribution in [-0.2, 0) is 12.8 Å². The predicted octanol–water partition coefficient (Wildman–Crippen LogP) is 4.69. The van der Waals surface area contributed by atoms with Gasteiger partial charge in [-0.15, -0.1) is 0 Å². The molecule has 0 amide bonds. The molecule has 0 unspecified atom stereocenters. The molecule has 2 N–H and O–H groups in total. The first-order valence-corrected chi connectivity index (χ1v) is 10.5. The van der Waals surface area contributed by atoms with E-state index in [-0.39, 0.29) is 0 Å². The van der Waals surface area contributed by atoms with Crippen molar-refractivity contribution >= 4 is 28.7 Å². The molecule has 5 nitrogen and oxygen atoms in total. The van der Waals surface area contributed by atoms with E-state index in [0.717, 1.165) is 42.2 Å². The Balaban J connectivity index is 1.58. The molecule has 0 saturated heterocycles. The Labute approximate surface area is 169 Å². The zero-order chi connectivity index (χ0) is 19.3. The van der Waals surface area contributed by atoms with Crippen LogP contribution >= 0.6 is 11.8 Å². The number of hydrogen-bond donors (Lipinski definition) is 1. The van der Waals surface area contributed by atoms with Crippen molar-refractivity contribution in [1.29, 1.82) is 0 Å². The van der Waals surface area contributed by atoms with Crippen molar-refractivity contribution in [1.82, 2.24) is 19.5 Å². The molecule has 0 spiro atoms. The summed E-state index contributed by atoms with van der Waals surface area (Å²) in [5.74, 6) is 2.33. The van der Waals surface area contributed by atoms with E-state index in [1.807, 2.05) is 24.3 Å². The van der Waals surface area contributed by atoms with Crippen LogP contribution in [0.2, 0.25) is 0 Å². The van der Waals surface area contributed by atoms with Gasteiger partial charge in [-0.2, -0.15) is 0 Å². The van der Waals surface area contributed by atoms with Gasteiger partial charge in [0.25, 0.3) is 0 Å². The molecular formula is C22H23N5S. The lowest BCUT2D eigenvalue weighted by atomic mass is 10.1. The molecule has 6 heteroatoms.